The molecule has 2 aromatic rings. The number of hydrogen-bond acceptors (Lipinski definition) is 5. The third-order valence-corrected chi connectivity index (χ3v) is 4.50. The maximum absolute atomic E-state index is 11.8. The van der Waals surface area contributed by atoms with Crippen LogP contribution in [0.4, 0.5) is 11.6 Å². The number of piperidine rings is 1. The summed E-state index contributed by atoms with van der Waals surface area (Å²) in [5.41, 5.74) is 1.96. The van der Waals surface area contributed by atoms with E-state index in [0.717, 1.165) is 55.4 Å². The van der Waals surface area contributed by atoms with E-state index in [0.29, 0.717) is 5.92 Å². The van der Waals surface area contributed by atoms with E-state index in [1.54, 1.807) is 13.3 Å². The van der Waals surface area contributed by atoms with Gasteiger partial charge in [0.05, 0.1) is 0 Å². The Kier molecular flexibility index (Phi) is 5.80. The number of nitrogens with zero attached hydrogens (tertiary/aromatic N) is 4. The highest BCUT2D eigenvalue weighted by Crippen LogP contribution is 2.22. The van der Waals surface area contributed by atoms with Crippen LogP contribution in [0.3, 0.4) is 0 Å². The molecule has 6 heteroatoms. The summed E-state index contributed by atoms with van der Waals surface area (Å²) in [4.78, 5) is 26.8. The first kappa shape index (κ1) is 17.9. The third-order valence-electron chi connectivity index (χ3n) is 4.50. The summed E-state index contributed by atoms with van der Waals surface area (Å²) in [5, 5.41) is 3.23. The van der Waals surface area contributed by atoms with Crippen molar-refractivity contribution in [1.82, 2.24) is 19.9 Å². The zero-order valence-corrected chi connectivity index (χ0v) is 15.2. The number of amides is 1. The average molecular weight is 349 g/mol. The molecule has 2 aromatic heterocycles. The van der Waals surface area contributed by atoms with E-state index in [1.807, 2.05) is 36.1 Å². The quantitative estimate of drug-likeness (QED) is 0.860. The number of aryl methyl sites for hydroxylation is 1. The van der Waals surface area contributed by atoms with Crippen LogP contribution in [0.25, 0.3) is 0 Å². The van der Waals surface area contributed by atoms with Gasteiger partial charge in [-0.25, -0.2) is 15.0 Å². The zero-order chi connectivity index (χ0) is 18.4. The number of carbonyl (C=O) groups is 1. The van der Waals surface area contributed by atoms with Crippen molar-refractivity contribution in [3.05, 3.63) is 42.0 Å². The number of rotatable bonds is 4. The molecule has 0 radical (unpaired) electrons. The predicted molar refractivity (Wildman–Crippen MR) is 101 cm³/mol. The van der Waals surface area contributed by atoms with Crippen molar-refractivity contribution in [2.75, 3.05) is 18.4 Å². The van der Waals surface area contributed by atoms with Gasteiger partial charge >= 0.3 is 0 Å². The van der Waals surface area contributed by atoms with Crippen LogP contribution in [0.15, 0.2) is 30.6 Å². The minimum atomic E-state index is -0.0647. The van der Waals surface area contributed by atoms with Crippen LogP contribution in [0.5, 0.6) is 0 Å². The van der Waals surface area contributed by atoms with E-state index in [1.165, 1.54) is 0 Å². The van der Waals surface area contributed by atoms with Crippen LogP contribution < -0.4 is 5.32 Å². The molecule has 1 saturated heterocycles. The molecular weight excluding hydrogens is 326 g/mol. The lowest BCUT2D eigenvalue weighted by molar-refractivity contribution is -0.126. The van der Waals surface area contributed by atoms with Crippen molar-refractivity contribution >= 4 is 17.5 Å². The van der Waals surface area contributed by atoms with Gasteiger partial charge in [0.15, 0.2) is 0 Å². The van der Waals surface area contributed by atoms with E-state index in [2.05, 4.69) is 32.1 Å². The van der Waals surface area contributed by atoms with Crippen molar-refractivity contribution in [2.45, 2.75) is 33.1 Å². The fourth-order valence-corrected chi connectivity index (χ4v) is 3.14. The second-order valence-electron chi connectivity index (χ2n) is 6.50. The molecule has 1 aliphatic rings. The normalized spacial score (nSPS) is 14.5. The van der Waals surface area contributed by atoms with Crippen molar-refractivity contribution in [3.63, 3.8) is 0 Å². The Morgan fingerprint density at radius 1 is 1.27 bits per heavy atom. The van der Waals surface area contributed by atoms with Gasteiger partial charge in [-0.2, -0.15) is 0 Å². The minimum absolute atomic E-state index is 0.0647. The van der Waals surface area contributed by atoms with E-state index in [-0.39, 0.29) is 5.91 Å². The lowest BCUT2D eigenvalue weighted by Gasteiger charge is -2.30. The summed E-state index contributed by atoms with van der Waals surface area (Å²) in [7, 11) is 0. The standard InChI is InChI=1S/C20H23N5O/c1-3-5-20(26)25-10-8-16(9-11-25)12-17-13-19(22-14-21-17)24-18-7-4-6-15(2)23-18/h4,6-7,13-14,16H,8-12H2,1-2H3,(H,21,22,23,24). The second-order valence-corrected chi connectivity index (χ2v) is 6.50. The zero-order valence-electron chi connectivity index (χ0n) is 15.2. The lowest BCUT2D eigenvalue weighted by atomic mass is 9.92. The van der Waals surface area contributed by atoms with Gasteiger partial charge in [0.25, 0.3) is 5.91 Å². The van der Waals surface area contributed by atoms with Crippen LogP contribution >= 0.6 is 0 Å². The summed E-state index contributed by atoms with van der Waals surface area (Å²) < 4.78 is 0. The highest BCUT2D eigenvalue weighted by Gasteiger charge is 2.22. The Hall–Kier alpha value is -2.94. The lowest BCUT2D eigenvalue weighted by Crippen LogP contribution is -2.38. The molecule has 1 fully saturated rings. The molecule has 1 amide bonds. The Bertz CT molecular complexity index is 831. The molecule has 0 saturated carbocycles. The summed E-state index contributed by atoms with van der Waals surface area (Å²) in [5.74, 6) is 7.27. The van der Waals surface area contributed by atoms with Crippen LogP contribution in [0.1, 0.15) is 31.2 Å². The van der Waals surface area contributed by atoms with E-state index in [9.17, 15) is 4.79 Å². The first-order valence-electron chi connectivity index (χ1n) is 8.87. The Morgan fingerprint density at radius 2 is 2.08 bits per heavy atom. The van der Waals surface area contributed by atoms with Gasteiger partial charge < -0.3 is 10.2 Å². The minimum Gasteiger partial charge on any atom is -0.332 e. The molecule has 26 heavy (non-hydrogen) atoms. The highest BCUT2D eigenvalue weighted by molar-refractivity contribution is 5.93. The van der Waals surface area contributed by atoms with Crippen molar-refractivity contribution in [1.29, 1.82) is 0 Å². The van der Waals surface area contributed by atoms with Crippen molar-refractivity contribution in [2.24, 2.45) is 5.92 Å². The van der Waals surface area contributed by atoms with Crippen LogP contribution in [-0.2, 0) is 11.2 Å². The first-order chi connectivity index (χ1) is 12.6. The first-order valence-corrected chi connectivity index (χ1v) is 8.87. The van der Waals surface area contributed by atoms with Crippen molar-refractivity contribution in [3.8, 4) is 11.8 Å². The number of pyridine rings is 1. The van der Waals surface area contributed by atoms with Gasteiger partial charge in [-0.05, 0) is 57.1 Å². The molecule has 6 nitrogen and oxygen atoms in total. The summed E-state index contributed by atoms with van der Waals surface area (Å²) in [6, 6.07) is 7.81. The largest absolute Gasteiger partial charge is 0.332 e. The number of anilines is 2. The third kappa shape index (κ3) is 4.79. The van der Waals surface area contributed by atoms with E-state index >= 15 is 0 Å². The molecule has 0 aromatic carbocycles. The Labute approximate surface area is 154 Å². The smallest absolute Gasteiger partial charge is 0.298 e. The number of aromatic nitrogens is 3. The highest BCUT2D eigenvalue weighted by atomic mass is 16.2. The summed E-state index contributed by atoms with van der Waals surface area (Å²) in [6.07, 6.45) is 4.43. The van der Waals surface area contributed by atoms with Gasteiger partial charge in [-0.3, -0.25) is 4.79 Å². The fraction of sp³-hybridized carbons (Fsp3) is 0.400. The van der Waals surface area contributed by atoms with Gasteiger partial charge in [0.1, 0.15) is 18.0 Å². The maximum atomic E-state index is 11.8. The van der Waals surface area contributed by atoms with Crippen LogP contribution in [-0.4, -0.2) is 38.8 Å². The SMILES string of the molecule is CC#CC(=O)N1CCC(Cc2cc(Nc3cccc(C)n3)ncn2)CC1. The average Bonchev–Trinajstić information content (AvgIpc) is 2.63. The van der Waals surface area contributed by atoms with Gasteiger partial charge in [-0.1, -0.05) is 12.0 Å². The molecule has 134 valence electrons. The van der Waals surface area contributed by atoms with Gasteiger partial charge in [0, 0.05) is 30.5 Å². The van der Waals surface area contributed by atoms with Crippen LogP contribution in [0.2, 0.25) is 0 Å². The van der Waals surface area contributed by atoms with E-state index < -0.39 is 0 Å². The molecule has 0 unspecified atom stereocenters. The Balaban J connectivity index is 1.57. The summed E-state index contributed by atoms with van der Waals surface area (Å²) >= 11 is 0. The fourth-order valence-electron chi connectivity index (χ4n) is 3.14. The number of nitrogens with one attached hydrogen (secondary N) is 1. The second kappa shape index (κ2) is 8.43. The molecule has 0 bridgehead atoms. The molecule has 1 N–H and O–H groups in total. The predicted octanol–water partition coefficient (Wildman–Crippen LogP) is 2.73. The molecule has 0 aliphatic carbocycles. The summed E-state index contributed by atoms with van der Waals surface area (Å²) in [6.45, 7) is 5.18. The molecule has 3 heterocycles. The topological polar surface area (TPSA) is 71.0 Å². The molecule has 0 atom stereocenters. The maximum Gasteiger partial charge on any atom is 0.298 e. The van der Waals surface area contributed by atoms with Gasteiger partial charge in [0.2, 0.25) is 0 Å². The number of likely N-dealkylation sites (tertiary alicyclic amines) is 1. The number of hydrogen-bond donors (Lipinski definition) is 1. The Morgan fingerprint density at radius 3 is 2.81 bits per heavy atom. The molecule has 1 aliphatic heterocycles. The molecule has 0 spiro atoms. The number of carbonyl (C=O) groups excluding carboxylic acids is 1. The van der Waals surface area contributed by atoms with Crippen molar-refractivity contribution < 1.29 is 4.79 Å². The molecular formula is C20H23N5O. The van der Waals surface area contributed by atoms with Crippen LogP contribution in [0, 0.1) is 24.7 Å². The molecule has 3 rings (SSSR count). The monoisotopic (exact) mass is 349 g/mol. The van der Waals surface area contributed by atoms with Gasteiger partial charge in [-0.15, -0.1) is 0 Å². The van der Waals surface area contributed by atoms with E-state index in [4.69, 9.17) is 0 Å².